The molecule has 1 rings (SSSR count). The molecule has 4 heteroatoms. The Kier molecular flexibility index (Phi) is 8.59. The zero-order valence-corrected chi connectivity index (χ0v) is 12.4. The van der Waals surface area contributed by atoms with Gasteiger partial charge in [0, 0.05) is 39.3 Å². The Morgan fingerprint density at radius 2 is 1.44 bits per heavy atom. The van der Waals surface area contributed by atoms with Gasteiger partial charge in [-0.2, -0.15) is 0 Å². The molecule has 4 nitrogen and oxygen atoms in total. The molecule has 0 unspecified atom stereocenters. The third-order valence-electron chi connectivity index (χ3n) is 4.02. The van der Waals surface area contributed by atoms with E-state index in [1.165, 1.54) is 71.7 Å². The van der Waals surface area contributed by atoms with Crippen molar-refractivity contribution in [3.8, 4) is 0 Å². The molecule has 1 aliphatic heterocycles. The first-order valence-corrected chi connectivity index (χ1v) is 7.67. The van der Waals surface area contributed by atoms with Crippen molar-refractivity contribution < 1.29 is 0 Å². The Labute approximate surface area is 113 Å². The van der Waals surface area contributed by atoms with Crippen LogP contribution in [0.1, 0.15) is 26.7 Å². The zero-order valence-electron chi connectivity index (χ0n) is 12.4. The van der Waals surface area contributed by atoms with Gasteiger partial charge in [0.25, 0.3) is 0 Å². The van der Waals surface area contributed by atoms with E-state index in [4.69, 9.17) is 5.73 Å². The van der Waals surface area contributed by atoms with Crippen LogP contribution in [0.25, 0.3) is 0 Å². The molecule has 1 fully saturated rings. The second-order valence-electron chi connectivity index (χ2n) is 5.21. The van der Waals surface area contributed by atoms with Crippen molar-refractivity contribution in [3.05, 3.63) is 0 Å². The van der Waals surface area contributed by atoms with E-state index in [1.807, 2.05) is 0 Å². The fraction of sp³-hybridized carbons (Fsp3) is 1.00. The Morgan fingerprint density at radius 1 is 0.889 bits per heavy atom. The minimum absolute atomic E-state index is 0.837. The summed E-state index contributed by atoms with van der Waals surface area (Å²) in [5, 5.41) is 0. The van der Waals surface area contributed by atoms with Crippen LogP contribution < -0.4 is 5.73 Å². The normalized spacial score (nSPS) is 18.7. The molecule has 0 aliphatic carbocycles. The lowest BCUT2D eigenvalue weighted by Crippen LogP contribution is -2.48. The minimum atomic E-state index is 0.837. The van der Waals surface area contributed by atoms with Crippen LogP contribution in [0.4, 0.5) is 0 Å². The highest BCUT2D eigenvalue weighted by atomic mass is 15.3. The highest BCUT2D eigenvalue weighted by molar-refractivity contribution is 4.72. The van der Waals surface area contributed by atoms with E-state index in [0.717, 1.165) is 6.54 Å². The largest absolute Gasteiger partial charge is 0.330 e. The summed E-state index contributed by atoms with van der Waals surface area (Å²) in [5.74, 6) is 0. The molecular weight excluding hydrogens is 224 g/mol. The van der Waals surface area contributed by atoms with Crippen LogP contribution in [0.15, 0.2) is 0 Å². The van der Waals surface area contributed by atoms with Crippen molar-refractivity contribution in [2.45, 2.75) is 26.7 Å². The number of unbranched alkanes of at least 4 members (excludes halogenated alkanes) is 1. The van der Waals surface area contributed by atoms with Gasteiger partial charge in [-0.05, 0) is 39.0 Å². The van der Waals surface area contributed by atoms with Crippen molar-refractivity contribution in [3.63, 3.8) is 0 Å². The molecule has 108 valence electrons. The number of nitrogens with zero attached hydrogens (tertiary/aromatic N) is 3. The lowest BCUT2D eigenvalue weighted by atomic mass is 10.2. The molecule has 0 aromatic rings. The summed E-state index contributed by atoms with van der Waals surface area (Å²) in [6.07, 6.45) is 2.43. The number of hydrogen-bond donors (Lipinski definition) is 1. The summed E-state index contributed by atoms with van der Waals surface area (Å²) in [6, 6.07) is 0. The van der Waals surface area contributed by atoms with Gasteiger partial charge in [-0.15, -0.1) is 0 Å². The van der Waals surface area contributed by atoms with E-state index >= 15 is 0 Å². The van der Waals surface area contributed by atoms with Gasteiger partial charge in [0.2, 0.25) is 0 Å². The maximum Gasteiger partial charge on any atom is 0.0110 e. The molecule has 1 heterocycles. The quantitative estimate of drug-likeness (QED) is 0.616. The van der Waals surface area contributed by atoms with E-state index < -0.39 is 0 Å². The molecule has 1 aliphatic rings. The molecule has 0 amide bonds. The predicted molar refractivity (Wildman–Crippen MR) is 79.0 cm³/mol. The zero-order chi connectivity index (χ0) is 13.2. The molecule has 0 saturated carbocycles. The van der Waals surface area contributed by atoms with Crippen LogP contribution in [0, 0.1) is 0 Å². The van der Waals surface area contributed by atoms with E-state index in [9.17, 15) is 0 Å². The highest BCUT2D eigenvalue weighted by Crippen LogP contribution is 2.03. The first-order chi connectivity index (χ1) is 8.80. The van der Waals surface area contributed by atoms with Crippen molar-refractivity contribution in [1.82, 2.24) is 14.7 Å². The number of rotatable bonds is 9. The molecule has 0 spiro atoms. The van der Waals surface area contributed by atoms with E-state index in [1.54, 1.807) is 0 Å². The Hall–Kier alpha value is -0.160. The predicted octanol–water partition coefficient (Wildman–Crippen LogP) is 0.685. The molecule has 18 heavy (non-hydrogen) atoms. The Bertz CT molecular complexity index is 186. The number of hydrogen-bond acceptors (Lipinski definition) is 4. The molecule has 0 atom stereocenters. The van der Waals surface area contributed by atoms with Crippen molar-refractivity contribution in [2.24, 2.45) is 5.73 Å². The second kappa shape index (κ2) is 9.73. The van der Waals surface area contributed by atoms with Crippen molar-refractivity contribution >= 4 is 0 Å². The lowest BCUT2D eigenvalue weighted by molar-refractivity contribution is 0.119. The third-order valence-corrected chi connectivity index (χ3v) is 4.02. The molecule has 0 bridgehead atoms. The molecule has 0 radical (unpaired) electrons. The summed E-state index contributed by atoms with van der Waals surface area (Å²) >= 11 is 0. The summed E-state index contributed by atoms with van der Waals surface area (Å²) < 4.78 is 0. The molecule has 0 aromatic carbocycles. The fourth-order valence-electron chi connectivity index (χ4n) is 2.54. The van der Waals surface area contributed by atoms with Gasteiger partial charge in [-0.3, -0.25) is 4.90 Å². The Morgan fingerprint density at radius 3 is 1.94 bits per heavy atom. The third kappa shape index (κ3) is 6.14. The molecule has 0 aromatic heterocycles. The topological polar surface area (TPSA) is 35.7 Å². The van der Waals surface area contributed by atoms with Crippen LogP contribution in [0.2, 0.25) is 0 Å². The van der Waals surface area contributed by atoms with Gasteiger partial charge in [-0.1, -0.05) is 13.8 Å². The average Bonchev–Trinajstić information content (AvgIpc) is 2.42. The standard InChI is InChI=1S/C14H32N4/c1-3-16(4-2)9-10-18-13-11-17(12-14-18)8-6-5-7-15/h3-15H2,1-2H3. The smallest absolute Gasteiger partial charge is 0.0110 e. The average molecular weight is 256 g/mol. The summed E-state index contributed by atoms with van der Waals surface area (Å²) in [7, 11) is 0. The fourth-order valence-corrected chi connectivity index (χ4v) is 2.54. The van der Waals surface area contributed by atoms with Crippen molar-refractivity contribution in [2.75, 3.05) is 65.4 Å². The number of likely N-dealkylation sites (N-methyl/N-ethyl adjacent to an activating group) is 1. The minimum Gasteiger partial charge on any atom is -0.330 e. The van der Waals surface area contributed by atoms with E-state index in [0.29, 0.717) is 0 Å². The number of nitrogens with two attached hydrogens (primary N) is 1. The maximum absolute atomic E-state index is 5.53. The summed E-state index contributed by atoms with van der Waals surface area (Å²) in [6.45, 7) is 16.3. The first kappa shape index (κ1) is 15.9. The number of piperazine rings is 1. The Balaban J connectivity index is 2.07. The van der Waals surface area contributed by atoms with Crippen LogP contribution in [0.3, 0.4) is 0 Å². The molecular formula is C14H32N4. The highest BCUT2D eigenvalue weighted by Gasteiger charge is 2.16. The van der Waals surface area contributed by atoms with E-state index in [2.05, 4.69) is 28.5 Å². The van der Waals surface area contributed by atoms with Gasteiger partial charge in [-0.25, -0.2) is 0 Å². The molecule has 2 N–H and O–H groups in total. The van der Waals surface area contributed by atoms with Gasteiger partial charge in [0.05, 0.1) is 0 Å². The molecule has 1 saturated heterocycles. The maximum atomic E-state index is 5.53. The first-order valence-electron chi connectivity index (χ1n) is 7.67. The van der Waals surface area contributed by atoms with Crippen LogP contribution in [-0.2, 0) is 0 Å². The van der Waals surface area contributed by atoms with E-state index in [-0.39, 0.29) is 0 Å². The van der Waals surface area contributed by atoms with Gasteiger partial charge in [0.1, 0.15) is 0 Å². The van der Waals surface area contributed by atoms with Crippen LogP contribution in [0.5, 0.6) is 0 Å². The monoisotopic (exact) mass is 256 g/mol. The van der Waals surface area contributed by atoms with Gasteiger partial charge in [0.15, 0.2) is 0 Å². The van der Waals surface area contributed by atoms with Gasteiger partial charge < -0.3 is 15.5 Å². The van der Waals surface area contributed by atoms with Crippen molar-refractivity contribution in [1.29, 1.82) is 0 Å². The second-order valence-corrected chi connectivity index (χ2v) is 5.21. The lowest BCUT2D eigenvalue weighted by Gasteiger charge is -2.35. The van der Waals surface area contributed by atoms with Gasteiger partial charge >= 0.3 is 0 Å². The SMILES string of the molecule is CCN(CC)CCN1CCN(CCCCN)CC1. The van der Waals surface area contributed by atoms with Crippen LogP contribution >= 0.6 is 0 Å². The van der Waals surface area contributed by atoms with Crippen LogP contribution in [-0.4, -0.2) is 80.1 Å². The summed E-state index contributed by atoms with van der Waals surface area (Å²) in [4.78, 5) is 7.70. The summed E-state index contributed by atoms with van der Waals surface area (Å²) in [5.41, 5.74) is 5.53.